The third-order valence-corrected chi connectivity index (χ3v) is 5.02. The lowest BCUT2D eigenvalue weighted by Crippen LogP contribution is -2.43. The minimum atomic E-state index is 0. The normalized spacial score (nSPS) is 23.1. The molecule has 2 atom stereocenters. The highest BCUT2D eigenvalue weighted by atomic mass is 35.5. The van der Waals surface area contributed by atoms with Gasteiger partial charge in [-0.25, -0.2) is 0 Å². The van der Waals surface area contributed by atoms with Gasteiger partial charge in [0.2, 0.25) is 5.91 Å². The van der Waals surface area contributed by atoms with Crippen molar-refractivity contribution in [3.63, 3.8) is 0 Å². The van der Waals surface area contributed by atoms with Crippen molar-refractivity contribution in [2.45, 2.75) is 32.2 Å². The molecular weight excluding hydrogens is 326 g/mol. The van der Waals surface area contributed by atoms with E-state index in [-0.39, 0.29) is 30.1 Å². The number of nitrogens with zero attached hydrogens (tertiary/aromatic N) is 1. The van der Waals surface area contributed by atoms with Gasteiger partial charge < -0.3 is 15.5 Å². The average molecular weight is 352 g/mol. The molecule has 0 aromatic heterocycles. The number of amides is 2. The highest BCUT2D eigenvalue weighted by Crippen LogP contribution is 2.38. The molecular formula is C18H26ClN3O2. The molecule has 2 aliphatic rings. The van der Waals surface area contributed by atoms with E-state index >= 15 is 0 Å². The molecule has 0 radical (unpaired) electrons. The van der Waals surface area contributed by atoms with Crippen LogP contribution in [0.1, 0.15) is 36.5 Å². The molecule has 5 nitrogen and oxygen atoms in total. The van der Waals surface area contributed by atoms with Crippen LogP contribution < -0.4 is 10.6 Å². The molecule has 0 spiro atoms. The summed E-state index contributed by atoms with van der Waals surface area (Å²) in [7, 11) is 1.88. The molecule has 1 aliphatic heterocycles. The van der Waals surface area contributed by atoms with E-state index in [2.05, 4.69) is 17.6 Å². The molecule has 1 saturated carbocycles. The van der Waals surface area contributed by atoms with Gasteiger partial charge in [0.1, 0.15) is 0 Å². The molecule has 1 aliphatic carbocycles. The summed E-state index contributed by atoms with van der Waals surface area (Å²) in [6, 6.07) is 7.53. The maximum Gasteiger partial charge on any atom is 0.253 e. The van der Waals surface area contributed by atoms with Gasteiger partial charge in [-0.3, -0.25) is 9.59 Å². The first-order valence-electron chi connectivity index (χ1n) is 8.45. The molecule has 2 N–H and O–H groups in total. The number of carbonyl (C=O) groups excluding carboxylic acids is 2. The number of nitrogens with one attached hydrogen (secondary N) is 2. The number of rotatable bonds is 4. The second-order valence-corrected chi connectivity index (χ2v) is 6.78. The van der Waals surface area contributed by atoms with E-state index in [9.17, 15) is 9.59 Å². The molecule has 6 heteroatoms. The smallest absolute Gasteiger partial charge is 0.253 e. The molecule has 24 heavy (non-hydrogen) atoms. The Hall–Kier alpha value is -1.59. The molecule has 2 unspecified atom stereocenters. The van der Waals surface area contributed by atoms with Gasteiger partial charge in [-0.1, -0.05) is 6.92 Å². The van der Waals surface area contributed by atoms with Gasteiger partial charge in [-0.2, -0.15) is 0 Å². The van der Waals surface area contributed by atoms with Gasteiger partial charge in [0.15, 0.2) is 0 Å². The van der Waals surface area contributed by atoms with E-state index in [0.717, 1.165) is 38.0 Å². The third kappa shape index (κ3) is 4.28. The SMILES string of the molecule is CC1CC1C(=O)Nc1ccc(C(=O)N(C)C2CCNCC2)cc1.Cl. The monoisotopic (exact) mass is 351 g/mol. The molecule has 3 rings (SSSR count). The second-order valence-electron chi connectivity index (χ2n) is 6.78. The minimum absolute atomic E-state index is 0. The van der Waals surface area contributed by atoms with Gasteiger partial charge >= 0.3 is 0 Å². The fraction of sp³-hybridized carbons (Fsp3) is 0.556. The zero-order chi connectivity index (χ0) is 16.4. The predicted molar refractivity (Wildman–Crippen MR) is 97.6 cm³/mol. The van der Waals surface area contributed by atoms with Gasteiger partial charge in [-0.05, 0) is 62.5 Å². The summed E-state index contributed by atoms with van der Waals surface area (Å²) in [4.78, 5) is 26.3. The van der Waals surface area contributed by atoms with Crippen LogP contribution in [0.4, 0.5) is 5.69 Å². The van der Waals surface area contributed by atoms with Crippen molar-refractivity contribution in [3.8, 4) is 0 Å². The maximum atomic E-state index is 12.6. The standard InChI is InChI=1S/C18H25N3O2.ClH/c1-12-11-16(12)17(22)20-14-5-3-13(4-6-14)18(23)21(2)15-7-9-19-10-8-15;/h3-6,12,15-16,19H,7-11H2,1-2H3,(H,20,22);1H. The second kappa shape index (κ2) is 7.99. The highest BCUT2D eigenvalue weighted by molar-refractivity contribution is 5.97. The lowest BCUT2D eigenvalue weighted by molar-refractivity contribution is -0.117. The number of halogens is 1. The van der Waals surface area contributed by atoms with Crippen LogP contribution in [-0.4, -0.2) is 42.9 Å². The van der Waals surface area contributed by atoms with E-state index < -0.39 is 0 Å². The van der Waals surface area contributed by atoms with E-state index in [1.807, 2.05) is 24.1 Å². The third-order valence-electron chi connectivity index (χ3n) is 5.02. The Labute approximate surface area is 149 Å². The van der Waals surface area contributed by atoms with Crippen molar-refractivity contribution in [3.05, 3.63) is 29.8 Å². The van der Waals surface area contributed by atoms with Crippen molar-refractivity contribution < 1.29 is 9.59 Å². The van der Waals surface area contributed by atoms with Crippen LogP contribution >= 0.6 is 12.4 Å². The van der Waals surface area contributed by atoms with Crippen LogP contribution in [0.2, 0.25) is 0 Å². The number of benzene rings is 1. The molecule has 1 aromatic carbocycles. The summed E-state index contributed by atoms with van der Waals surface area (Å²) in [5.74, 6) is 0.783. The lowest BCUT2D eigenvalue weighted by Gasteiger charge is -2.31. The Morgan fingerprint density at radius 2 is 1.75 bits per heavy atom. The largest absolute Gasteiger partial charge is 0.339 e. The predicted octanol–water partition coefficient (Wildman–Crippen LogP) is 2.53. The van der Waals surface area contributed by atoms with Crippen molar-refractivity contribution >= 4 is 29.9 Å². The first-order valence-corrected chi connectivity index (χ1v) is 8.45. The summed E-state index contributed by atoms with van der Waals surface area (Å²) >= 11 is 0. The van der Waals surface area contributed by atoms with E-state index in [4.69, 9.17) is 0 Å². The van der Waals surface area contributed by atoms with Crippen LogP contribution in [0, 0.1) is 11.8 Å². The first kappa shape index (κ1) is 18.7. The Morgan fingerprint density at radius 3 is 2.29 bits per heavy atom. The lowest BCUT2D eigenvalue weighted by atomic mass is 10.0. The Balaban J connectivity index is 0.00000208. The number of hydrogen-bond donors (Lipinski definition) is 2. The van der Waals surface area contributed by atoms with Crippen LogP contribution in [0.25, 0.3) is 0 Å². The fourth-order valence-electron chi connectivity index (χ4n) is 3.18. The fourth-order valence-corrected chi connectivity index (χ4v) is 3.18. The molecule has 1 heterocycles. The van der Waals surface area contributed by atoms with Crippen LogP contribution in [-0.2, 0) is 4.79 Å². The van der Waals surface area contributed by atoms with Crippen LogP contribution in [0.15, 0.2) is 24.3 Å². The van der Waals surface area contributed by atoms with Crippen molar-refractivity contribution in [2.75, 3.05) is 25.5 Å². The van der Waals surface area contributed by atoms with Gasteiger partial charge in [-0.15, -0.1) is 12.4 Å². The number of carbonyl (C=O) groups is 2. The molecule has 132 valence electrons. The molecule has 2 fully saturated rings. The zero-order valence-electron chi connectivity index (χ0n) is 14.2. The van der Waals surface area contributed by atoms with Crippen molar-refractivity contribution in [1.82, 2.24) is 10.2 Å². The molecule has 0 bridgehead atoms. The van der Waals surface area contributed by atoms with Gasteiger partial charge in [0, 0.05) is 30.3 Å². The molecule has 1 aromatic rings. The topological polar surface area (TPSA) is 61.4 Å². The van der Waals surface area contributed by atoms with Gasteiger partial charge in [0.25, 0.3) is 5.91 Å². The van der Waals surface area contributed by atoms with E-state index in [0.29, 0.717) is 17.5 Å². The van der Waals surface area contributed by atoms with Crippen molar-refractivity contribution in [2.24, 2.45) is 11.8 Å². The number of anilines is 1. The van der Waals surface area contributed by atoms with Gasteiger partial charge in [0.05, 0.1) is 0 Å². The van der Waals surface area contributed by atoms with E-state index in [1.165, 1.54) is 0 Å². The average Bonchev–Trinajstić information content (AvgIpc) is 3.32. The molecule has 1 saturated heterocycles. The molecule has 2 amide bonds. The number of piperidine rings is 1. The Kier molecular flexibility index (Phi) is 6.24. The Morgan fingerprint density at radius 1 is 1.17 bits per heavy atom. The van der Waals surface area contributed by atoms with Crippen LogP contribution in [0.3, 0.4) is 0 Å². The van der Waals surface area contributed by atoms with Crippen molar-refractivity contribution in [1.29, 1.82) is 0 Å². The summed E-state index contributed by atoms with van der Waals surface area (Å²) in [5.41, 5.74) is 1.43. The maximum absolute atomic E-state index is 12.6. The quantitative estimate of drug-likeness (QED) is 0.876. The van der Waals surface area contributed by atoms with E-state index in [1.54, 1.807) is 12.1 Å². The summed E-state index contributed by atoms with van der Waals surface area (Å²) < 4.78 is 0. The van der Waals surface area contributed by atoms with Crippen LogP contribution in [0.5, 0.6) is 0 Å². The summed E-state index contributed by atoms with van der Waals surface area (Å²) in [6.45, 7) is 4.02. The summed E-state index contributed by atoms with van der Waals surface area (Å²) in [6.07, 6.45) is 2.97. The Bertz CT molecular complexity index is 584. The summed E-state index contributed by atoms with van der Waals surface area (Å²) in [5, 5.41) is 6.23. The first-order chi connectivity index (χ1) is 11.1. The highest BCUT2D eigenvalue weighted by Gasteiger charge is 2.39. The minimum Gasteiger partial charge on any atom is -0.339 e. The number of hydrogen-bond acceptors (Lipinski definition) is 3. The zero-order valence-corrected chi connectivity index (χ0v) is 15.1.